The van der Waals surface area contributed by atoms with Gasteiger partial charge in [0.25, 0.3) is 5.91 Å². The van der Waals surface area contributed by atoms with E-state index in [1.54, 1.807) is 0 Å². The van der Waals surface area contributed by atoms with Crippen LogP contribution < -0.4 is 5.32 Å². The molecule has 1 aromatic carbocycles. The van der Waals surface area contributed by atoms with E-state index in [9.17, 15) is 4.79 Å². The number of aromatic nitrogens is 2. The number of carbonyl (C=O) groups is 1. The summed E-state index contributed by atoms with van der Waals surface area (Å²) in [4.78, 5) is 11.8. The SMILES string of the molecule is Cc1cc(C)n(Cc2ccc(C(=O)NCCCO)cc2)n1. The third-order valence-electron chi connectivity index (χ3n) is 3.27. The van der Waals surface area contributed by atoms with Crippen molar-refractivity contribution in [1.82, 2.24) is 15.1 Å². The minimum atomic E-state index is -0.110. The average Bonchev–Trinajstić information content (AvgIpc) is 2.78. The maximum Gasteiger partial charge on any atom is 0.251 e. The third kappa shape index (κ3) is 4.16. The van der Waals surface area contributed by atoms with Crippen molar-refractivity contribution in [2.75, 3.05) is 13.2 Å². The summed E-state index contributed by atoms with van der Waals surface area (Å²) in [5.41, 5.74) is 3.86. The molecule has 2 N–H and O–H groups in total. The van der Waals surface area contributed by atoms with Crippen LogP contribution in [0.2, 0.25) is 0 Å². The maximum absolute atomic E-state index is 11.8. The smallest absolute Gasteiger partial charge is 0.251 e. The lowest BCUT2D eigenvalue weighted by molar-refractivity contribution is 0.0951. The van der Waals surface area contributed by atoms with Gasteiger partial charge in [-0.3, -0.25) is 9.48 Å². The third-order valence-corrected chi connectivity index (χ3v) is 3.27. The largest absolute Gasteiger partial charge is 0.396 e. The summed E-state index contributed by atoms with van der Waals surface area (Å²) in [7, 11) is 0. The fourth-order valence-corrected chi connectivity index (χ4v) is 2.15. The Morgan fingerprint density at radius 2 is 2.00 bits per heavy atom. The van der Waals surface area contributed by atoms with Gasteiger partial charge in [-0.15, -0.1) is 0 Å². The van der Waals surface area contributed by atoms with E-state index < -0.39 is 0 Å². The summed E-state index contributed by atoms with van der Waals surface area (Å²) >= 11 is 0. The molecule has 0 radical (unpaired) electrons. The molecule has 0 atom stereocenters. The number of carbonyl (C=O) groups excluding carboxylic acids is 1. The monoisotopic (exact) mass is 287 g/mol. The first-order valence-corrected chi connectivity index (χ1v) is 7.09. The summed E-state index contributed by atoms with van der Waals surface area (Å²) < 4.78 is 1.95. The van der Waals surface area contributed by atoms with Gasteiger partial charge in [0.2, 0.25) is 0 Å². The van der Waals surface area contributed by atoms with Crippen LogP contribution in [-0.4, -0.2) is 33.9 Å². The van der Waals surface area contributed by atoms with E-state index in [-0.39, 0.29) is 12.5 Å². The van der Waals surface area contributed by atoms with Gasteiger partial charge < -0.3 is 10.4 Å². The zero-order valence-electron chi connectivity index (χ0n) is 12.5. The molecule has 5 nitrogen and oxygen atoms in total. The van der Waals surface area contributed by atoms with Crippen molar-refractivity contribution in [3.63, 3.8) is 0 Å². The lowest BCUT2D eigenvalue weighted by Crippen LogP contribution is -2.24. The fourth-order valence-electron chi connectivity index (χ4n) is 2.15. The molecule has 0 unspecified atom stereocenters. The molecule has 0 aliphatic rings. The van der Waals surface area contributed by atoms with Gasteiger partial charge in [0, 0.05) is 24.4 Å². The maximum atomic E-state index is 11.8. The molecule has 112 valence electrons. The van der Waals surface area contributed by atoms with Crippen molar-refractivity contribution < 1.29 is 9.90 Å². The minimum absolute atomic E-state index is 0.0852. The fraction of sp³-hybridized carbons (Fsp3) is 0.375. The molecule has 0 saturated carbocycles. The predicted molar refractivity (Wildman–Crippen MR) is 81.3 cm³/mol. The van der Waals surface area contributed by atoms with Crippen LogP contribution in [0.4, 0.5) is 0 Å². The molecule has 0 bridgehead atoms. The van der Waals surface area contributed by atoms with Crippen molar-refractivity contribution in [1.29, 1.82) is 0 Å². The number of hydrogen-bond acceptors (Lipinski definition) is 3. The topological polar surface area (TPSA) is 67.2 Å². The van der Waals surface area contributed by atoms with E-state index in [0.717, 1.165) is 17.0 Å². The number of rotatable bonds is 6. The number of benzene rings is 1. The van der Waals surface area contributed by atoms with Gasteiger partial charge in [-0.25, -0.2) is 0 Å². The number of aliphatic hydroxyl groups is 1. The summed E-state index contributed by atoms with van der Waals surface area (Å²) in [5, 5.41) is 15.9. The molecule has 0 aliphatic carbocycles. The molecule has 2 rings (SSSR count). The van der Waals surface area contributed by atoms with Crippen LogP contribution in [0, 0.1) is 13.8 Å². The number of nitrogens with one attached hydrogen (secondary N) is 1. The van der Waals surface area contributed by atoms with Gasteiger partial charge in [-0.2, -0.15) is 5.10 Å². The Morgan fingerprint density at radius 3 is 2.57 bits per heavy atom. The molecule has 21 heavy (non-hydrogen) atoms. The molecule has 0 spiro atoms. The molecule has 1 heterocycles. The lowest BCUT2D eigenvalue weighted by atomic mass is 10.1. The van der Waals surface area contributed by atoms with E-state index in [2.05, 4.69) is 10.4 Å². The Kier molecular flexibility index (Phi) is 5.11. The summed E-state index contributed by atoms with van der Waals surface area (Å²) in [6, 6.07) is 9.56. The highest BCUT2D eigenvalue weighted by Crippen LogP contribution is 2.09. The molecule has 5 heteroatoms. The van der Waals surface area contributed by atoms with Crippen molar-refractivity contribution in [2.24, 2.45) is 0 Å². The Bertz CT molecular complexity index is 602. The highest BCUT2D eigenvalue weighted by Gasteiger charge is 2.06. The van der Waals surface area contributed by atoms with Crippen LogP contribution in [0.3, 0.4) is 0 Å². The van der Waals surface area contributed by atoms with Crippen LogP contribution in [0.25, 0.3) is 0 Å². The van der Waals surface area contributed by atoms with Gasteiger partial charge in [0.15, 0.2) is 0 Å². The van der Waals surface area contributed by atoms with Gasteiger partial charge in [0.1, 0.15) is 0 Å². The molecule has 0 aliphatic heterocycles. The van der Waals surface area contributed by atoms with Gasteiger partial charge in [0.05, 0.1) is 12.2 Å². The van der Waals surface area contributed by atoms with E-state index in [1.807, 2.05) is 48.9 Å². The summed E-state index contributed by atoms with van der Waals surface area (Å²) in [5.74, 6) is -0.110. The van der Waals surface area contributed by atoms with Crippen molar-refractivity contribution in [3.8, 4) is 0 Å². The predicted octanol–water partition coefficient (Wildman–Crippen LogP) is 1.66. The Morgan fingerprint density at radius 1 is 1.29 bits per heavy atom. The summed E-state index contributed by atoms with van der Waals surface area (Å²) in [6.07, 6.45) is 0.571. The molecular formula is C16H21N3O2. The quantitative estimate of drug-likeness (QED) is 0.794. The van der Waals surface area contributed by atoms with Gasteiger partial charge in [-0.05, 0) is 44.0 Å². The van der Waals surface area contributed by atoms with Crippen molar-refractivity contribution >= 4 is 5.91 Å². The Labute approximate surface area is 124 Å². The van der Waals surface area contributed by atoms with E-state index in [0.29, 0.717) is 25.1 Å². The van der Waals surface area contributed by atoms with E-state index in [4.69, 9.17) is 5.11 Å². The number of nitrogens with zero attached hydrogens (tertiary/aromatic N) is 2. The Balaban J connectivity index is 1.98. The molecule has 0 saturated heterocycles. The number of aryl methyl sites for hydroxylation is 2. The average molecular weight is 287 g/mol. The highest BCUT2D eigenvalue weighted by atomic mass is 16.3. The molecule has 0 fully saturated rings. The second kappa shape index (κ2) is 7.04. The summed E-state index contributed by atoms with van der Waals surface area (Å²) in [6.45, 7) is 5.28. The molecular weight excluding hydrogens is 266 g/mol. The zero-order valence-corrected chi connectivity index (χ0v) is 12.5. The minimum Gasteiger partial charge on any atom is -0.396 e. The number of hydrogen-bond donors (Lipinski definition) is 2. The first-order valence-electron chi connectivity index (χ1n) is 7.09. The second-order valence-corrected chi connectivity index (χ2v) is 5.11. The van der Waals surface area contributed by atoms with Crippen LogP contribution >= 0.6 is 0 Å². The van der Waals surface area contributed by atoms with Crippen LogP contribution in [0.15, 0.2) is 30.3 Å². The van der Waals surface area contributed by atoms with Gasteiger partial charge in [-0.1, -0.05) is 12.1 Å². The van der Waals surface area contributed by atoms with E-state index >= 15 is 0 Å². The first-order chi connectivity index (χ1) is 10.1. The lowest BCUT2D eigenvalue weighted by Gasteiger charge is -2.07. The van der Waals surface area contributed by atoms with Gasteiger partial charge >= 0.3 is 0 Å². The normalized spacial score (nSPS) is 10.6. The standard InChI is InChI=1S/C16H21N3O2/c1-12-10-13(2)19(18-12)11-14-4-6-15(7-5-14)16(21)17-8-3-9-20/h4-7,10,20H,3,8-9,11H2,1-2H3,(H,17,21). The molecule has 1 amide bonds. The van der Waals surface area contributed by atoms with E-state index in [1.165, 1.54) is 0 Å². The van der Waals surface area contributed by atoms with Crippen LogP contribution in [-0.2, 0) is 6.54 Å². The first kappa shape index (κ1) is 15.3. The Hall–Kier alpha value is -2.14. The second-order valence-electron chi connectivity index (χ2n) is 5.11. The van der Waals surface area contributed by atoms with Crippen LogP contribution in [0.1, 0.15) is 33.7 Å². The van der Waals surface area contributed by atoms with Crippen LogP contribution in [0.5, 0.6) is 0 Å². The zero-order chi connectivity index (χ0) is 15.2. The molecule has 1 aromatic heterocycles. The van der Waals surface area contributed by atoms with Crippen molar-refractivity contribution in [3.05, 3.63) is 52.8 Å². The van der Waals surface area contributed by atoms with Crippen molar-refractivity contribution in [2.45, 2.75) is 26.8 Å². The number of amides is 1. The number of aliphatic hydroxyl groups excluding tert-OH is 1. The highest BCUT2D eigenvalue weighted by molar-refractivity contribution is 5.94. The molecule has 2 aromatic rings.